The summed E-state index contributed by atoms with van der Waals surface area (Å²) >= 11 is 0. The summed E-state index contributed by atoms with van der Waals surface area (Å²) in [5, 5.41) is 14.7. The molecule has 2 aromatic heterocycles. The molecule has 1 fully saturated rings. The Morgan fingerprint density at radius 1 is 1.19 bits per heavy atom. The molecule has 32 heavy (non-hydrogen) atoms. The number of benzene rings is 1. The van der Waals surface area contributed by atoms with E-state index >= 15 is 0 Å². The number of oxazole rings is 1. The number of non-ortho nitro benzene ring substituents is 1. The van der Waals surface area contributed by atoms with Crippen molar-refractivity contribution < 1.29 is 22.3 Å². The Balaban J connectivity index is 1.33. The SMILES string of the molecule is Cc1noc(C)c1S(=O)(=O)N1CCN(CCc2ncc(-c3cccc([N+](=O)[O-])c3)o2)CC1. The average molecular weight is 462 g/mol. The maximum atomic E-state index is 12.9. The van der Waals surface area contributed by atoms with E-state index in [4.69, 9.17) is 8.94 Å². The summed E-state index contributed by atoms with van der Waals surface area (Å²) in [4.78, 5) is 17.1. The molecule has 0 saturated carbocycles. The van der Waals surface area contributed by atoms with Gasteiger partial charge in [0, 0.05) is 56.8 Å². The van der Waals surface area contributed by atoms with Gasteiger partial charge in [0.05, 0.1) is 11.1 Å². The monoisotopic (exact) mass is 461 g/mol. The first-order valence-corrected chi connectivity index (χ1v) is 11.5. The van der Waals surface area contributed by atoms with Crippen molar-refractivity contribution in [1.29, 1.82) is 0 Å². The number of aromatic nitrogens is 2. The van der Waals surface area contributed by atoms with Gasteiger partial charge in [-0.05, 0) is 13.8 Å². The molecule has 1 aromatic carbocycles. The average Bonchev–Trinajstić information content (AvgIpc) is 3.39. The Bertz CT molecular complexity index is 1210. The predicted molar refractivity (Wildman–Crippen MR) is 113 cm³/mol. The molecule has 0 atom stereocenters. The van der Waals surface area contributed by atoms with Gasteiger partial charge in [-0.3, -0.25) is 10.1 Å². The minimum atomic E-state index is -3.64. The lowest BCUT2D eigenvalue weighted by molar-refractivity contribution is -0.384. The molecule has 1 aliphatic rings. The summed E-state index contributed by atoms with van der Waals surface area (Å²) in [6, 6.07) is 6.21. The highest BCUT2D eigenvalue weighted by molar-refractivity contribution is 7.89. The van der Waals surface area contributed by atoms with Crippen LogP contribution in [0.5, 0.6) is 0 Å². The molecular formula is C20H23N5O6S. The molecule has 0 bridgehead atoms. The lowest BCUT2D eigenvalue weighted by Crippen LogP contribution is -2.49. The highest BCUT2D eigenvalue weighted by atomic mass is 32.2. The first kappa shape index (κ1) is 22.1. The number of rotatable bonds is 7. The number of hydrogen-bond acceptors (Lipinski definition) is 9. The van der Waals surface area contributed by atoms with Gasteiger partial charge in [-0.2, -0.15) is 4.31 Å². The van der Waals surface area contributed by atoms with E-state index in [2.05, 4.69) is 15.0 Å². The Kier molecular flexibility index (Phi) is 6.09. The van der Waals surface area contributed by atoms with Gasteiger partial charge in [-0.1, -0.05) is 17.3 Å². The third-order valence-electron chi connectivity index (χ3n) is 5.43. The zero-order chi connectivity index (χ0) is 22.9. The molecule has 0 amide bonds. The Morgan fingerprint density at radius 3 is 2.59 bits per heavy atom. The zero-order valence-corrected chi connectivity index (χ0v) is 18.5. The van der Waals surface area contributed by atoms with Crippen LogP contribution in [0.25, 0.3) is 11.3 Å². The summed E-state index contributed by atoms with van der Waals surface area (Å²) in [7, 11) is -3.64. The van der Waals surface area contributed by atoms with Crippen LogP contribution in [0.4, 0.5) is 5.69 Å². The van der Waals surface area contributed by atoms with E-state index in [9.17, 15) is 18.5 Å². The molecule has 11 nitrogen and oxygen atoms in total. The maximum Gasteiger partial charge on any atom is 0.270 e. The molecule has 3 heterocycles. The van der Waals surface area contributed by atoms with Crippen LogP contribution >= 0.6 is 0 Å². The zero-order valence-electron chi connectivity index (χ0n) is 17.7. The normalized spacial score (nSPS) is 15.8. The lowest BCUT2D eigenvalue weighted by Gasteiger charge is -2.33. The van der Waals surface area contributed by atoms with Crippen molar-refractivity contribution in [3.05, 3.63) is 57.9 Å². The largest absolute Gasteiger partial charge is 0.441 e. The van der Waals surface area contributed by atoms with Crippen LogP contribution in [-0.4, -0.2) is 65.4 Å². The van der Waals surface area contributed by atoms with Crippen LogP contribution in [-0.2, 0) is 16.4 Å². The van der Waals surface area contributed by atoms with Crippen molar-refractivity contribution in [1.82, 2.24) is 19.3 Å². The Morgan fingerprint density at radius 2 is 1.94 bits per heavy atom. The fraction of sp³-hybridized carbons (Fsp3) is 0.400. The van der Waals surface area contributed by atoms with Crippen molar-refractivity contribution in [2.24, 2.45) is 0 Å². The number of nitro benzene ring substituents is 1. The summed E-state index contributed by atoms with van der Waals surface area (Å²) in [6.07, 6.45) is 2.11. The molecule has 4 rings (SSSR count). The van der Waals surface area contributed by atoms with Gasteiger partial charge in [-0.25, -0.2) is 13.4 Å². The molecule has 1 saturated heterocycles. The quantitative estimate of drug-likeness (QED) is 0.384. The van der Waals surface area contributed by atoms with Crippen molar-refractivity contribution in [3.8, 4) is 11.3 Å². The predicted octanol–water partition coefficient (Wildman–Crippen LogP) is 2.40. The summed E-state index contributed by atoms with van der Waals surface area (Å²) < 4.78 is 38.1. The minimum absolute atomic E-state index is 0.00939. The Hall–Kier alpha value is -3.09. The molecule has 0 N–H and O–H groups in total. The van der Waals surface area contributed by atoms with Gasteiger partial charge >= 0.3 is 0 Å². The number of nitrogens with zero attached hydrogens (tertiary/aromatic N) is 5. The van der Waals surface area contributed by atoms with Crippen LogP contribution in [0.3, 0.4) is 0 Å². The summed E-state index contributed by atoms with van der Waals surface area (Å²) in [5.74, 6) is 1.30. The molecule has 0 spiro atoms. The number of piperazine rings is 1. The molecular weight excluding hydrogens is 438 g/mol. The molecule has 3 aromatic rings. The van der Waals surface area contributed by atoms with Crippen molar-refractivity contribution in [2.75, 3.05) is 32.7 Å². The second kappa shape index (κ2) is 8.81. The van der Waals surface area contributed by atoms with Crippen LogP contribution in [0.15, 0.2) is 44.3 Å². The van der Waals surface area contributed by atoms with Gasteiger partial charge in [0.25, 0.3) is 5.69 Å². The molecule has 1 aliphatic heterocycles. The third-order valence-corrected chi connectivity index (χ3v) is 7.58. The van der Waals surface area contributed by atoms with Crippen LogP contribution in [0.2, 0.25) is 0 Å². The Labute approximate surface area is 184 Å². The summed E-state index contributed by atoms with van der Waals surface area (Å²) in [5.41, 5.74) is 0.953. The van der Waals surface area contributed by atoms with E-state index in [-0.39, 0.29) is 10.6 Å². The van der Waals surface area contributed by atoms with E-state index < -0.39 is 14.9 Å². The van der Waals surface area contributed by atoms with E-state index in [0.29, 0.717) is 67.8 Å². The number of hydrogen-bond donors (Lipinski definition) is 0. The lowest BCUT2D eigenvalue weighted by atomic mass is 10.2. The van der Waals surface area contributed by atoms with Crippen molar-refractivity contribution in [2.45, 2.75) is 25.2 Å². The molecule has 170 valence electrons. The van der Waals surface area contributed by atoms with Crippen LogP contribution < -0.4 is 0 Å². The maximum absolute atomic E-state index is 12.9. The van der Waals surface area contributed by atoms with Crippen LogP contribution in [0, 0.1) is 24.0 Å². The van der Waals surface area contributed by atoms with Crippen molar-refractivity contribution >= 4 is 15.7 Å². The minimum Gasteiger partial charge on any atom is -0.441 e. The highest BCUT2D eigenvalue weighted by Crippen LogP contribution is 2.26. The first-order valence-electron chi connectivity index (χ1n) is 10.1. The number of aryl methyl sites for hydroxylation is 2. The van der Waals surface area contributed by atoms with Crippen molar-refractivity contribution in [3.63, 3.8) is 0 Å². The molecule has 12 heteroatoms. The molecule has 0 unspecified atom stereocenters. The number of nitro groups is 1. The standard InChI is InChI=1S/C20H23N5O6S/c1-14-20(15(2)31-22-14)32(28,29)24-10-8-23(9-11-24)7-6-19-21-13-18(30-19)16-4-3-5-17(12-16)25(26)27/h3-5,12-13H,6-11H2,1-2H3. The molecule has 0 aliphatic carbocycles. The van der Waals surface area contributed by atoms with Gasteiger partial charge in [0.2, 0.25) is 10.0 Å². The fourth-order valence-electron chi connectivity index (χ4n) is 3.75. The second-order valence-corrected chi connectivity index (χ2v) is 9.45. The van der Waals surface area contributed by atoms with Gasteiger partial charge in [0.15, 0.2) is 17.4 Å². The molecule has 0 radical (unpaired) electrons. The third kappa shape index (κ3) is 4.42. The second-order valence-electron chi connectivity index (χ2n) is 7.57. The first-order chi connectivity index (χ1) is 15.3. The van der Waals surface area contributed by atoms with Crippen LogP contribution in [0.1, 0.15) is 17.3 Å². The number of sulfonamides is 1. The van der Waals surface area contributed by atoms with E-state index in [1.54, 1.807) is 32.2 Å². The van der Waals surface area contributed by atoms with E-state index in [1.165, 1.54) is 16.4 Å². The highest BCUT2D eigenvalue weighted by Gasteiger charge is 2.33. The summed E-state index contributed by atoms with van der Waals surface area (Å²) in [6.45, 7) is 5.79. The topological polar surface area (TPSA) is 136 Å². The van der Waals surface area contributed by atoms with Gasteiger partial charge < -0.3 is 13.8 Å². The smallest absolute Gasteiger partial charge is 0.270 e. The fourth-order valence-corrected chi connectivity index (χ4v) is 5.46. The van der Waals surface area contributed by atoms with E-state index in [0.717, 1.165) is 0 Å². The van der Waals surface area contributed by atoms with Gasteiger partial charge in [0.1, 0.15) is 10.6 Å². The van der Waals surface area contributed by atoms with Gasteiger partial charge in [-0.15, -0.1) is 0 Å². The van der Waals surface area contributed by atoms with E-state index in [1.807, 2.05) is 0 Å².